The van der Waals surface area contributed by atoms with E-state index in [4.69, 9.17) is 4.74 Å². The number of aldehydes is 1. The van der Waals surface area contributed by atoms with Crippen LogP contribution in [0.4, 0.5) is 0 Å². The summed E-state index contributed by atoms with van der Waals surface area (Å²) in [5.74, 6) is -0.235. The molecular weight excluding hydrogens is 218 g/mol. The van der Waals surface area contributed by atoms with Crippen LogP contribution < -0.4 is 5.32 Å². The monoisotopic (exact) mass is 233 g/mol. The van der Waals surface area contributed by atoms with E-state index in [0.29, 0.717) is 12.9 Å². The largest absolute Gasteiger partial charge is 0.384 e. The second-order valence-corrected chi connectivity index (χ2v) is 3.42. The highest BCUT2D eigenvalue weighted by Crippen LogP contribution is 2.03. The van der Waals surface area contributed by atoms with Crippen LogP contribution in [0, 0.1) is 0 Å². The lowest BCUT2D eigenvalue weighted by Gasteiger charge is -2.03. The normalized spacial score (nSPS) is 11.0. The van der Waals surface area contributed by atoms with Gasteiger partial charge in [-0.25, -0.2) is 0 Å². The van der Waals surface area contributed by atoms with E-state index in [1.54, 1.807) is 6.08 Å². The molecule has 0 heterocycles. The van der Waals surface area contributed by atoms with Crippen molar-refractivity contribution in [2.75, 3.05) is 13.7 Å². The van der Waals surface area contributed by atoms with Crippen molar-refractivity contribution in [1.29, 1.82) is 0 Å². The zero-order chi connectivity index (χ0) is 12.5. The molecule has 1 N–H and O–H groups in total. The maximum absolute atomic E-state index is 11.4. The summed E-state index contributed by atoms with van der Waals surface area (Å²) in [5.41, 5.74) is 1.11. The first-order valence-corrected chi connectivity index (χ1v) is 5.27. The van der Waals surface area contributed by atoms with Crippen molar-refractivity contribution < 1.29 is 14.3 Å². The average molecular weight is 233 g/mol. The van der Waals surface area contributed by atoms with Crippen molar-refractivity contribution in [3.8, 4) is 0 Å². The van der Waals surface area contributed by atoms with Gasteiger partial charge in [0.1, 0.15) is 0 Å². The minimum Gasteiger partial charge on any atom is -0.384 e. The van der Waals surface area contributed by atoms with E-state index in [0.717, 1.165) is 5.56 Å². The van der Waals surface area contributed by atoms with E-state index in [1.165, 1.54) is 7.11 Å². The van der Waals surface area contributed by atoms with Crippen molar-refractivity contribution in [3.63, 3.8) is 0 Å². The zero-order valence-electron chi connectivity index (χ0n) is 9.68. The number of allylic oxidation sites excluding steroid dienone is 1. The van der Waals surface area contributed by atoms with Crippen LogP contribution in [0.2, 0.25) is 0 Å². The Hall–Kier alpha value is -1.94. The van der Waals surface area contributed by atoms with Crippen LogP contribution in [0.25, 0.3) is 6.08 Å². The summed E-state index contributed by atoms with van der Waals surface area (Å²) in [7, 11) is 1.52. The molecule has 0 aromatic heterocycles. The van der Waals surface area contributed by atoms with Gasteiger partial charge in [0.2, 0.25) is 5.91 Å². The maximum Gasteiger partial charge on any atom is 0.226 e. The maximum atomic E-state index is 11.4. The molecule has 0 aliphatic heterocycles. The third-order valence-electron chi connectivity index (χ3n) is 2.07. The molecule has 1 amide bonds. The Morgan fingerprint density at radius 3 is 2.65 bits per heavy atom. The smallest absolute Gasteiger partial charge is 0.226 e. The van der Waals surface area contributed by atoms with Crippen LogP contribution in [-0.4, -0.2) is 25.9 Å². The summed E-state index contributed by atoms with van der Waals surface area (Å²) in [6.07, 6.45) is 2.48. The highest BCUT2D eigenvalue weighted by atomic mass is 16.5. The Bertz CT molecular complexity index is 398. The van der Waals surface area contributed by atoms with E-state index in [-0.39, 0.29) is 18.0 Å². The Morgan fingerprint density at radius 2 is 2.06 bits per heavy atom. The van der Waals surface area contributed by atoms with E-state index < -0.39 is 0 Å². The first-order chi connectivity index (χ1) is 8.26. The predicted octanol–water partition coefficient (Wildman–Crippen LogP) is 1.38. The summed E-state index contributed by atoms with van der Waals surface area (Å²) in [4.78, 5) is 22.2. The fourth-order valence-corrected chi connectivity index (χ4v) is 1.25. The van der Waals surface area contributed by atoms with Gasteiger partial charge in [0.15, 0.2) is 6.29 Å². The number of amides is 1. The molecule has 0 saturated heterocycles. The van der Waals surface area contributed by atoms with Crippen LogP contribution in [0.15, 0.2) is 36.0 Å². The standard InChI is InChI=1S/C13H15NO3/c1-17-8-7-13(16)14-12(10-15)9-11-5-3-2-4-6-11/h2-6,9-10H,7-8H2,1H3,(H,14,16). The molecule has 0 unspecified atom stereocenters. The third-order valence-corrected chi connectivity index (χ3v) is 2.07. The van der Waals surface area contributed by atoms with Gasteiger partial charge in [0.05, 0.1) is 18.7 Å². The molecule has 1 rings (SSSR count). The summed E-state index contributed by atoms with van der Waals surface area (Å²) in [5, 5.41) is 2.52. The molecule has 0 atom stereocenters. The number of carbonyl (C=O) groups excluding carboxylic acids is 2. The van der Waals surface area contributed by atoms with Crippen LogP contribution in [0.1, 0.15) is 12.0 Å². The molecular formula is C13H15NO3. The van der Waals surface area contributed by atoms with Crippen molar-refractivity contribution in [2.24, 2.45) is 0 Å². The van der Waals surface area contributed by atoms with Gasteiger partial charge in [-0.2, -0.15) is 0 Å². The summed E-state index contributed by atoms with van der Waals surface area (Å²) >= 11 is 0. The number of carbonyl (C=O) groups is 2. The van der Waals surface area contributed by atoms with Crippen molar-refractivity contribution in [3.05, 3.63) is 41.6 Å². The molecule has 0 saturated carbocycles. The molecule has 1 aromatic carbocycles. The lowest BCUT2D eigenvalue weighted by Crippen LogP contribution is -2.24. The minimum absolute atomic E-state index is 0.233. The van der Waals surface area contributed by atoms with Gasteiger partial charge in [-0.05, 0) is 11.6 Å². The number of hydrogen-bond donors (Lipinski definition) is 1. The fourth-order valence-electron chi connectivity index (χ4n) is 1.25. The second-order valence-electron chi connectivity index (χ2n) is 3.42. The molecule has 0 aliphatic carbocycles. The molecule has 4 heteroatoms. The highest BCUT2D eigenvalue weighted by Gasteiger charge is 2.03. The molecule has 0 aliphatic rings. The molecule has 90 valence electrons. The van der Waals surface area contributed by atoms with E-state index in [2.05, 4.69) is 5.32 Å². The summed E-state index contributed by atoms with van der Waals surface area (Å²) in [6.45, 7) is 0.337. The molecule has 0 radical (unpaired) electrons. The topological polar surface area (TPSA) is 55.4 Å². The van der Waals surface area contributed by atoms with Crippen LogP contribution in [0.3, 0.4) is 0 Å². The number of methoxy groups -OCH3 is 1. The number of benzene rings is 1. The summed E-state index contributed by atoms with van der Waals surface area (Å²) < 4.78 is 4.78. The zero-order valence-corrected chi connectivity index (χ0v) is 9.68. The van der Waals surface area contributed by atoms with Gasteiger partial charge < -0.3 is 10.1 Å². The van der Waals surface area contributed by atoms with E-state index >= 15 is 0 Å². The van der Waals surface area contributed by atoms with Gasteiger partial charge in [-0.1, -0.05) is 30.3 Å². The Kier molecular flexibility index (Phi) is 5.68. The molecule has 17 heavy (non-hydrogen) atoms. The lowest BCUT2D eigenvalue weighted by atomic mass is 10.2. The van der Waals surface area contributed by atoms with Gasteiger partial charge in [-0.3, -0.25) is 9.59 Å². The highest BCUT2D eigenvalue weighted by molar-refractivity contribution is 5.89. The fraction of sp³-hybridized carbons (Fsp3) is 0.231. The minimum atomic E-state index is -0.235. The number of hydrogen-bond acceptors (Lipinski definition) is 3. The first-order valence-electron chi connectivity index (χ1n) is 5.27. The molecule has 1 aromatic rings. The van der Waals surface area contributed by atoms with Crippen LogP contribution in [0.5, 0.6) is 0 Å². The first kappa shape index (κ1) is 13.1. The lowest BCUT2D eigenvalue weighted by molar-refractivity contribution is -0.122. The summed E-state index contributed by atoms with van der Waals surface area (Å²) in [6, 6.07) is 9.31. The predicted molar refractivity (Wildman–Crippen MR) is 65.1 cm³/mol. The van der Waals surface area contributed by atoms with Crippen LogP contribution >= 0.6 is 0 Å². The van der Waals surface area contributed by atoms with Gasteiger partial charge in [0, 0.05) is 7.11 Å². The second kappa shape index (κ2) is 7.35. The van der Waals surface area contributed by atoms with Crippen molar-refractivity contribution in [2.45, 2.75) is 6.42 Å². The SMILES string of the molecule is COCCC(=O)NC(C=O)=Cc1ccccc1. The Morgan fingerprint density at radius 1 is 1.35 bits per heavy atom. The third kappa shape index (κ3) is 5.08. The average Bonchev–Trinajstić information content (AvgIpc) is 2.36. The van der Waals surface area contributed by atoms with Crippen molar-refractivity contribution >= 4 is 18.3 Å². The van der Waals surface area contributed by atoms with Gasteiger partial charge >= 0.3 is 0 Å². The molecule has 0 fully saturated rings. The Labute approximate surface area is 100 Å². The number of rotatable bonds is 6. The van der Waals surface area contributed by atoms with E-state index in [1.807, 2.05) is 30.3 Å². The molecule has 4 nitrogen and oxygen atoms in total. The number of nitrogens with one attached hydrogen (secondary N) is 1. The Balaban J connectivity index is 2.63. The van der Waals surface area contributed by atoms with Crippen molar-refractivity contribution in [1.82, 2.24) is 5.32 Å². The molecule has 0 spiro atoms. The van der Waals surface area contributed by atoms with Gasteiger partial charge in [0.25, 0.3) is 0 Å². The number of ether oxygens (including phenoxy) is 1. The van der Waals surface area contributed by atoms with E-state index in [9.17, 15) is 9.59 Å². The van der Waals surface area contributed by atoms with Crippen LogP contribution in [-0.2, 0) is 14.3 Å². The quantitative estimate of drug-likeness (QED) is 0.596. The molecule has 0 bridgehead atoms. The van der Waals surface area contributed by atoms with Gasteiger partial charge in [-0.15, -0.1) is 0 Å².